The van der Waals surface area contributed by atoms with Crippen LogP contribution in [-0.4, -0.2) is 29.8 Å². The van der Waals surface area contributed by atoms with Crippen LogP contribution in [0.5, 0.6) is 0 Å². The SMILES string of the molecule is CC(=O)NC(CS)C(=O)OC1CC(C)CC(C)C1. The van der Waals surface area contributed by atoms with E-state index >= 15 is 0 Å². The van der Waals surface area contributed by atoms with Crippen molar-refractivity contribution < 1.29 is 14.3 Å². The summed E-state index contributed by atoms with van der Waals surface area (Å²) < 4.78 is 5.48. The first-order chi connectivity index (χ1) is 8.42. The van der Waals surface area contributed by atoms with Crippen LogP contribution in [0.25, 0.3) is 0 Å². The normalized spacial score (nSPS) is 29.4. The third-order valence-electron chi connectivity index (χ3n) is 3.26. The van der Waals surface area contributed by atoms with E-state index in [0.717, 1.165) is 12.8 Å². The van der Waals surface area contributed by atoms with E-state index in [9.17, 15) is 9.59 Å². The summed E-state index contributed by atoms with van der Waals surface area (Å²) in [5.74, 6) is 0.822. The first kappa shape index (κ1) is 15.3. The lowest BCUT2D eigenvalue weighted by molar-refractivity contribution is -0.155. The molecule has 0 saturated heterocycles. The van der Waals surface area contributed by atoms with Crippen molar-refractivity contribution in [1.82, 2.24) is 5.32 Å². The summed E-state index contributed by atoms with van der Waals surface area (Å²) in [6, 6.07) is -0.640. The van der Waals surface area contributed by atoms with E-state index in [1.54, 1.807) is 0 Å². The average molecular weight is 273 g/mol. The molecule has 0 aliphatic heterocycles. The summed E-state index contributed by atoms with van der Waals surface area (Å²) in [4.78, 5) is 22.9. The van der Waals surface area contributed by atoms with E-state index in [2.05, 4.69) is 31.8 Å². The Balaban J connectivity index is 2.49. The zero-order valence-corrected chi connectivity index (χ0v) is 12.2. The summed E-state index contributed by atoms with van der Waals surface area (Å²) in [7, 11) is 0. The summed E-state index contributed by atoms with van der Waals surface area (Å²) >= 11 is 4.07. The molecule has 0 bridgehead atoms. The molecule has 1 rings (SSSR count). The van der Waals surface area contributed by atoms with Crippen LogP contribution in [-0.2, 0) is 14.3 Å². The molecule has 0 heterocycles. The van der Waals surface area contributed by atoms with Crippen LogP contribution in [0.15, 0.2) is 0 Å². The maximum Gasteiger partial charge on any atom is 0.329 e. The Morgan fingerprint density at radius 3 is 2.28 bits per heavy atom. The van der Waals surface area contributed by atoms with Gasteiger partial charge in [-0.3, -0.25) is 4.79 Å². The van der Waals surface area contributed by atoms with Crippen molar-refractivity contribution in [2.24, 2.45) is 11.8 Å². The van der Waals surface area contributed by atoms with E-state index in [-0.39, 0.29) is 23.7 Å². The van der Waals surface area contributed by atoms with E-state index in [0.29, 0.717) is 11.8 Å². The standard InChI is InChI=1S/C13H23NO3S/c1-8-4-9(2)6-11(5-8)17-13(16)12(7-18)14-10(3)15/h8-9,11-12,18H,4-7H2,1-3H3,(H,14,15). The third kappa shape index (κ3) is 4.88. The molecule has 3 atom stereocenters. The van der Waals surface area contributed by atoms with Crippen molar-refractivity contribution in [2.45, 2.75) is 52.2 Å². The van der Waals surface area contributed by atoms with Crippen LogP contribution in [0.3, 0.4) is 0 Å². The lowest BCUT2D eigenvalue weighted by Crippen LogP contribution is -2.44. The largest absolute Gasteiger partial charge is 0.461 e. The summed E-state index contributed by atoms with van der Waals surface area (Å²) in [5, 5.41) is 2.55. The van der Waals surface area contributed by atoms with Crippen LogP contribution < -0.4 is 5.32 Å². The second-order valence-corrected chi connectivity index (χ2v) is 5.78. The Morgan fingerprint density at radius 1 is 1.28 bits per heavy atom. The second-order valence-electron chi connectivity index (χ2n) is 5.41. The van der Waals surface area contributed by atoms with Gasteiger partial charge in [0.25, 0.3) is 0 Å². The van der Waals surface area contributed by atoms with Gasteiger partial charge in [0, 0.05) is 12.7 Å². The van der Waals surface area contributed by atoms with E-state index < -0.39 is 6.04 Å². The molecule has 0 aromatic carbocycles. The number of esters is 1. The van der Waals surface area contributed by atoms with Crippen molar-refractivity contribution >= 4 is 24.5 Å². The van der Waals surface area contributed by atoms with Gasteiger partial charge in [0.1, 0.15) is 12.1 Å². The Bertz CT molecular complexity index is 299. The first-order valence-electron chi connectivity index (χ1n) is 6.50. The molecular formula is C13H23NO3S. The Kier molecular flexibility index (Phi) is 5.99. The number of hydrogen-bond acceptors (Lipinski definition) is 4. The van der Waals surface area contributed by atoms with E-state index in [1.807, 2.05) is 0 Å². The summed E-state index contributed by atoms with van der Waals surface area (Å²) in [5.41, 5.74) is 0. The molecular weight excluding hydrogens is 250 g/mol. The van der Waals surface area contributed by atoms with Crippen LogP contribution in [0.4, 0.5) is 0 Å². The molecule has 5 heteroatoms. The van der Waals surface area contributed by atoms with Gasteiger partial charge in [0.2, 0.25) is 5.91 Å². The number of carbonyl (C=O) groups is 2. The van der Waals surface area contributed by atoms with Gasteiger partial charge in [-0.15, -0.1) is 0 Å². The molecule has 0 spiro atoms. The van der Waals surface area contributed by atoms with Gasteiger partial charge < -0.3 is 10.1 Å². The molecule has 0 aromatic heterocycles. The van der Waals surface area contributed by atoms with E-state index in [1.165, 1.54) is 13.3 Å². The van der Waals surface area contributed by atoms with Gasteiger partial charge in [0.15, 0.2) is 0 Å². The van der Waals surface area contributed by atoms with Gasteiger partial charge in [-0.2, -0.15) is 12.6 Å². The fourth-order valence-electron chi connectivity index (χ4n) is 2.64. The topological polar surface area (TPSA) is 55.4 Å². The monoisotopic (exact) mass is 273 g/mol. The smallest absolute Gasteiger partial charge is 0.329 e. The number of ether oxygens (including phenoxy) is 1. The first-order valence-corrected chi connectivity index (χ1v) is 7.14. The van der Waals surface area contributed by atoms with Crippen molar-refractivity contribution in [3.8, 4) is 0 Å². The molecule has 1 aliphatic carbocycles. The quantitative estimate of drug-likeness (QED) is 0.606. The predicted octanol–water partition coefficient (Wildman–Crippen LogP) is 1.79. The molecule has 104 valence electrons. The number of carbonyl (C=O) groups excluding carboxylic acids is 2. The Labute approximate surface area is 114 Å². The highest BCUT2D eigenvalue weighted by Crippen LogP contribution is 2.30. The Hall–Kier alpha value is -0.710. The van der Waals surface area contributed by atoms with Crippen LogP contribution >= 0.6 is 12.6 Å². The number of thiol groups is 1. The van der Waals surface area contributed by atoms with Crippen LogP contribution in [0.1, 0.15) is 40.0 Å². The lowest BCUT2D eigenvalue weighted by atomic mass is 9.82. The molecule has 4 nitrogen and oxygen atoms in total. The molecule has 1 saturated carbocycles. The highest BCUT2D eigenvalue weighted by Gasteiger charge is 2.29. The van der Waals surface area contributed by atoms with Crippen molar-refractivity contribution in [3.05, 3.63) is 0 Å². The molecule has 1 aliphatic rings. The maximum absolute atomic E-state index is 11.9. The highest BCUT2D eigenvalue weighted by molar-refractivity contribution is 7.80. The van der Waals surface area contributed by atoms with Crippen molar-refractivity contribution in [3.63, 3.8) is 0 Å². The van der Waals surface area contributed by atoms with Crippen molar-refractivity contribution in [2.75, 3.05) is 5.75 Å². The molecule has 0 radical (unpaired) electrons. The fourth-order valence-corrected chi connectivity index (χ4v) is 2.88. The minimum absolute atomic E-state index is 0.0209. The lowest BCUT2D eigenvalue weighted by Gasteiger charge is -2.31. The van der Waals surface area contributed by atoms with Gasteiger partial charge in [0.05, 0.1) is 0 Å². The molecule has 0 aromatic rings. The second kappa shape index (κ2) is 7.02. The molecule has 18 heavy (non-hydrogen) atoms. The summed E-state index contributed by atoms with van der Waals surface area (Å²) in [6.07, 6.45) is 2.99. The minimum Gasteiger partial charge on any atom is -0.461 e. The van der Waals surface area contributed by atoms with Crippen molar-refractivity contribution in [1.29, 1.82) is 0 Å². The van der Waals surface area contributed by atoms with Crippen LogP contribution in [0, 0.1) is 11.8 Å². The predicted molar refractivity (Wildman–Crippen MR) is 73.5 cm³/mol. The minimum atomic E-state index is -0.640. The van der Waals surface area contributed by atoms with Gasteiger partial charge in [-0.1, -0.05) is 13.8 Å². The van der Waals surface area contributed by atoms with Gasteiger partial charge in [-0.25, -0.2) is 4.79 Å². The number of amides is 1. The third-order valence-corrected chi connectivity index (χ3v) is 3.63. The number of rotatable bonds is 4. The number of nitrogens with one attached hydrogen (secondary N) is 1. The van der Waals surface area contributed by atoms with Crippen LogP contribution in [0.2, 0.25) is 0 Å². The van der Waals surface area contributed by atoms with Gasteiger partial charge in [-0.05, 0) is 31.1 Å². The molecule has 1 N–H and O–H groups in total. The highest BCUT2D eigenvalue weighted by atomic mass is 32.1. The maximum atomic E-state index is 11.9. The Morgan fingerprint density at radius 2 is 1.83 bits per heavy atom. The fraction of sp³-hybridized carbons (Fsp3) is 0.846. The average Bonchev–Trinajstić information content (AvgIpc) is 2.23. The molecule has 1 amide bonds. The van der Waals surface area contributed by atoms with Gasteiger partial charge >= 0.3 is 5.97 Å². The molecule has 1 fully saturated rings. The summed E-state index contributed by atoms with van der Waals surface area (Å²) in [6.45, 7) is 5.75. The zero-order valence-electron chi connectivity index (χ0n) is 11.3. The molecule has 3 unspecified atom stereocenters. The van der Waals surface area contributed by atoms with E-state index in [4.69, 9.17) is 4.74 Å². The zero-order chi connectivity index (χ0) is 13.7. The number of hydrogen-bond donors (Lipinski definition) is 2.